The first-order chi connectivity index (χ1) is 6.24. The highest BCUT2D eigenvalue weighted by atomic mass is 16.1. The molecule has 3 N–H and O–H groups in total. The number of nitrogens with two attached hydrogens (primary N) is 1. The van der Waals surface area contributed by atoms with Crippen molar-refractivity contribution in [1.29, 1.82) is 0 Å². The number of rotatable bonds is 3. The van der Waals surface area contributed by atoms with E-state index in [9.17, 15) is 4.79 Å². The fourth-order valence-corrected chi connectivity index (χ4v) is 1.74. The second-order valence-corrected chi connectivity index (χ2v) is 3.62. The minimum atomic E-state index is 0.0392. The van der Waals surface area contributed by atoms with Crippen LogP contribution in [0, 0.1) is 0 Å². The minimum Gasteiger partial charge on any atom is -0.352 e. The van der Waals surface area contributed by atoms with Crippen LogP contribution in [0.15, 0.2) is 12.7 Å². The molecule has 2 atom stereocenters. The molecule has 0 bridgehead atoms. The summed E-state index contributed by atoms with van der Waals surface area (Å²) in [4.78, 5) is 11.2. The third-order valence-corrected chi connectivity index (χ3v) is 2.50. The summed E-state index contributed by atoms with van der Waals surface area (Å²) in [7, 11) is 0. The van der Waals surface area contributed by atoms with Gasteiger partial charge in [-0.25, -0.2) is 0 Å². The van der Waals surface area contributed by atoms with Gasteiger partial charge in [-0.2, -0.15) is 0 Å². The Hall–Kier alpha value is -0.830. The summed E-state index contributed by atoms with van der Waals surface area (Å²) in [6.07, 6.45) is 6.41. The zero-order valence-electron chi connectivity index (χ0n) is 7.96. The number of carbonyl (C=O) groups excluding carboxylic acids is 1. The molecule has 2 unspecified atom stereocenters. The van der Waals surface area contributed by atoms with Gasteiger partial charge in [-0.3, -0.25) is 4.79 Å². The van der Waals surface area contributed by atoms with Crippen LogP contribution in [0.1, 0.15) is 32.1 Å². The summed E-state index contributed by atoms with van der Waals surface area (Å²) >= 11 is 0. The largest absolute Gasteiger partial charge is 0.352 e. The van der Waals surface area contributed by atoms with Crippen molar-refractivity contribution < 1.29 is 4.79 Å². The van der Waals surface area contributed by atoms with Gasteiger partial charge in [-0.1, -0.05) is 18.9 Å². The van der Waals surface area contributed by atoms with Crippen molar-refractivity contribution in [3.05, 3.63) is 12.7 Å². The summed E-state index contributed by atoms with van der Waals surface area (Å²) in [5.74, 6) is 0.0392. The van der Waals surface area contributed by atoms with E-state index in [0.717, 1.165) is 12.8 Å². The van der Waals surface area contributed by atoms with E-state index >= 15 is 0 Å². The molecule has 0 heterocycles. The van der Waals surface area contributed by atoms with E-state index in [0.29, 0.717) is 6.42 Å². The van der Waals surface area contributed by atoms with Crippen LogP contribution in [0.5, 0.6) is 0 Å². The average molecular weight is 182 g/mol. The van der Waals surface area contributed by atoms with E-state index in [-0.39, 0.29) is 18.0 Å². The molecule has 0 aromatic heterocycles. The lowest BCUT2D eigenvalue weighted by Crippen LogP contribution is -2.49. The molecule has 1 amide bonds. The van der Waals surface area contributed by atoms with Crippen LogP contribution in [0.2, 0.25) is 0 Å². The molecular formula is C10H18N2O. The normalized spacial score (nSPS) is 28.1. The topological polar surface area (TPSA) is 55.1 Å². The summed E-state index contributed by atoms with van der Waals surface area (Å²) in [5, 5.41) is 2.93. The summed E-state index contributed by atoms with van der Waals surface area (Å²) in [6, 6.07) is 0.323. The Balaban J connectivity index is 2.33. The number of carbonyl (C=O) groups is 1. The molecule has 0 aromatic rings. The van der Waals surface area contributed by atoms with Crippen molar-refractivity contribution >= 4 is 5.91 Å². The molecule has 13 heavy (non-hydrogen) atoms. The Morgan fingerprint density at radius 1 is 1.54 bits per heavy atom. The second-order valence-electron chi connectivity index (χ2n) is 3.62. The van der Waals surface area contributed by atoms with Gasteiger partial charge in [0.25, 0.3) is 0 Å². The van der Waals surface area contributed by atoms with E-state index in [1.54, 1.807) is 6.08 Å². The van der Waals surface area contributed by atoms with Crippen LogP contribution in [-0.4, -0.2) is 18.0 Å². The average Bonchev–Trinajstić information content (AvgIpc) is 2.09. The van der Waals surface area contributed by atoms with Crippen LogP contribution >= 0.6 is 0 Å². The fraction of sp³-hybridized carbons (Fsp3) is 0.700. The van der Waals surface area contributed by atoms with Crippen LogP contribution in [0.4, 0.5) is 0 Å². The Bertz CT molecular complexity index is 191. The Labute approximate surface area is 79.4 Å². The Morgan fingerprint density at radius 2 is 2.23 bits per heavy atom. The molecule has 0 saturated heterocycles. The van der Waals surface area contributed by atoms with Gasteiger partial charge in [0.1, 0.15) is 0 Å². The maximum absolute atomic E-state index is 11.2. The van der Waals surface area contributed by atoms with Crippen LogP contribution < -0.4 is 11.1 Å². The molecule has 74 valence electrons. The van der Waals surface area contributed by atoms with Gasteiger partial charge in [0.15, 0.2) is 0 Å². The molecule has 3 nitrogen and oxygen atoms in total. The van der Waals surface area contributed by atoms with Gasteiger partial charge in [-0.15, -0.1) is 6.58 Å². The molecular weight excluding hydrogens is 164 g/mol. The lowest BCUT2D eigenvalue weighted by molar-refractivity contribution is -0.121. The first-order valence-electron chi connectivity index (χ1n) is 4.90. The fourth-order valence-electron chi connectivity index (χ4n) is 1.74. The molecule has 3 heteroatoms. The standard InChI is InChI=1S/C10H18N2O/c1-2-5-10(13)12-9-7-4-3-6-8(9)11/h2,8-9H,1,3-7,11H2,(H,12,13). The van der Waals surface area contributed by atoms with Gasteiger partial charge in [0.2, 0.25) is 5.91 Å². The predicted molar refractivity (Wildman–Crippen MR) is 53.2 cm³/mol. The molecule has 1 aliphatic rings. The molecule has 0 spiro atoms. The third-order valence-electron chi connectivity index (χ3n) is 2.50. The van der Waals surface area contributed by atoms with E-state index in [1.807, 2.05) is 0 Å². The number of nitrogens with one attached hydrogen (secondary N) is 1. The summed E-state index contributed by atoms with van der Waals surface area (Å²) in [5.41, 5.74) is 5.88. The molecule has 0 radical (unpaired) electrons. The van der Waals surface area contributed by atoms with Gasteiger partial charge < -0.3 is 11.1 Å². The lowest BCUT2D eigenvalue weighted by Gasteiger charge is -2.29. The zero-order chi connectivity index (χ0) is 9.68. The summed E-state index contributed by atoms with van der Waals surface area (Å²) < 4.78 is 0. The maximum Gasteiger partial charge on any atom is 0.224 e. The van der Waals surface area contributed by atoms with Gasteiger partial charge in [0, 0.05) is 18.5 Å². The molecule has 1 rings (SSSR count). The smallest absolute Gasteiger partial charge is 0.224 e. The van der Waals surface area contributed by atoms with E-state index in [4.69, 9.17) is 5.73 Å². The highest BCUT2D eigenvalue weighted by molar-refractivity contribution is 5.77. The van der Waals surface area contributed by atoms with E-state index in [1.165, 1.54) is 12.8 Å². The van der Waals surface area contributed by atoms with Crippen molar-refractivity contribution in [3.63, 3.8) is 0 Å². The molecule has 1 aliphatic carbocycles. The van der Waals surface area contributed by atoms with Crippen LogP contribution in [0.25, 0.3) is 0 Å². The third kappa shape index (κ3) is 3.19. The first kappa shape index (κ1) is 10.3. The zero-order valence-corrected chi connectivity index (χ0v) is 7.96. The van der Waals surface area contributed by atoms with Crippen LogP contribution in [-0.2, 0) is 4.79 Å². The van der Waals surface area contributed by atoms with Crippen LogP contribution in [0.3, 0.4) is 0 Å². The van der Waals surface area contributed by atoms with E-state index < -0.39 is 0 Å². The molecule has 0 aliphatic heterocycles. The van der Waals surface area contributed by atoms with Gasteiger partial charge in [-0.05, 0) is 12.8 Å². The monoisotopic (exact) mass is 182 g/mol. The van der Waals surface area contributed by atoms with Crippen molar-refractivity contribution in [1.82, 2.24) is 5.32 Å². The first-order valence-corrected chi connectivity index (χ1v) is 4.90. The van der Waals surface area contributed by atoms with Gasteiger partial charge >= 0.3 is 0 Å². The maximum atomic E-state index is 11.2. The Morgan fingerprint density at radius 3 is 2.85 bits per heavy atom. The SMILES string of the molecule is C=CCC(=O)NC1CCCCC1N. The quantitative estimate of drug-likeness (QED) is 0.638. The van der Waals surface area contributed by atoms with Crippen molar-refractivity contribution in [2.45, 2.75) is 44.2 Å². The van der Waals surface area contributed by atoms with E-state index in [2.05, 4.69) is 11.9 Å². The molecule has 0 aromatic carbocycles. The number of hydrogen-bond donors (Lipinski definition) is 2. The van der Waals surface area contributed by atoms with Crippen molar-refractivity contribution in [2.75, 3.05) is 0 Å². The summed E-state index contributed by atoms with van der Waals surface area (Å²) in [6.45, 7) is 3.52. The second kappa shape index (κ2) is 5.02. The molecule has 1 saturated carbocycles. The Kier molecular flexibility index (Phi) is 3.96. The minimum absolute atomic E-state index is 0.0392. The predicted octanol–water partition coefficient (Wildman–Crippen LogP) is 0.949. The lowest BCUT2D eigenvalue weighted by atomic mass is 9.91. The highest BCUT2D eigenvalue weighted by Gasteiger charge is 2.22. The van der Waals surface area contributed by atoms with Gasteiger partial charge in [0.05, 0.1) is 0 Å². The number of amides is 1. The highest BCUT2D eigenvalue weighted by Crippen LogP contribution is 2.16. The van der Waals surface area contributed by atoms with Crippen molar-refractivity contribution in [2.24, 2.45) is 5.73 Å². The molecule has 1 fully saturated rings. The van der Waals surface area contributed by atoms with Crippen molar-refractivity contribution in [3.8, 4) is 0 Å². The number of hydrogen-bond acceptors (Lipinski definition) is 2.